The van der Waals surface area contributed by atoms with Crippen molar-refractivity contribution >= 4 is 17.4 Å². The summed E-state index contributed by atoms with van der Waals surface area (Å²) < 4.78 is 0. The Labute approximate surface area is 116 Å². The van der Waals surface area contributed by atoms with Crippen LogP contribution in [0.2, 0.25) is 0 Å². The summed E-state index contributed by atoms with van der Waals surface area (Å²) in [6, 6.07) is 1.19. The van der Waals surface area contributed by atoms with Gasteiger partial charge in [-0.2, -0.15) is 0 Å². The number of pyridine rings is 1. The maximum Gasteiger partial charge on any atom is 0.288 e. The van der Waals surface area contributed by atoms with Crippen molar-refractivity contribution in [1.29, 1.82) is 0 Å². The first-order chi connectivity index (χ1) is 9.52. The summed E-state index contributed by atoms with van der Waals surface area (Å²) in [6.07, 6.45) is 2.14. The van der Waals surface area contributed by atoms with Gasteiger partial charge in [-0.3, -0.25) is 14.9 Å². The van der Waals surface area contributed by atoms with Gasteiger partial charge in [-0.25, -0.2) is 4.98 Å². The average Bonchev–Trinajstić information content (AvgIpc) is 2.86. The van der Waals surface area contributed by atoms with E-state index in [1.807, 2.05) is 11.9 Å². The van der Waals surface area contributed by atoms with E-state index in [1.54, 1.807) is 0 Å². The normalized spacial score (nSPS) is 18.2. The van der Waals surface area contributed by atoms with Gasteiger partial charge in [-0.15, -0.1) is 0 Å². The molecule has 1 fully saturated rings. The first-order valence-corrected chi connectivity index (χ1v) is 6.36. The zero-order chi connectivity index (χ0) is 14.7. The van der Waals surface area contributed by atoms with Crippen LogP contribution >= 0.6 is 0 Å². The van der Waals surface area contributed by atoms with Gasteiger partial charge >= 0.3 is 0 Å². The van der Waals surface area contributed by atoms with Crippen LogP contribution in [0.15, 0.2) is 12.3 Å². The summed E-state index contributed by atoms with van der Waals surface area (Å²) in [5.74, 6) is 0.202. The second kappa shape index (κ2) is 5.83. The Hall–Kier alpha value is -2.22. The van der Waals surface area contributed by atoms with Crippen molar-refractivity contribution in [2.75, 3.05) is 31.6 Å². The number of nitrogens with zero attached hydrogens (tertiary/aromatic N) is 3. The van der Waals surface area contributed by atoms with Crippen molar-refractivity contribution in [2.45, 2.75) is 6.42 Å². The maximum atomic E-state index is 11.5. The summed E-state index contributed by atoms with van der Waals surface area (Å²) in [5, 5.41) is 13.9. The minimum atomic E-state index is -0.701. The van der Waals surface area contributed by atoms with E-state index in [1.165, 1.54) is 6.07 Å². The van der Waals surface area contributed by atoms with Gasteiger partial charge in [0.25, 0.3) is 11.6 Å². The lowest BCUT2D eigenvalue weighted by Crippen LogP contribution is -2.27. The van der Waals surface area contributed by atoms with Gasteiger partial charge in [0.15, 0.2) is 0 Å². The Morgan fingerprint density at radius 1 is 1.70 bits per heavy atom. The van der Waals surface area contributed by atoms with E-state index in [0.29, 0.717) is 11.7 Å². The van der Waals surface area contributed by atoms with Gasteiger partial charge in [0.05, 0.1) is 10.5 Å². The van der Waals surface area contributed by atoms with Gasteiger partial charge in [0.2, 0.25) is 0 Å². The van der Waals surface area contributed by atoms with E-state index in [-0.39, 0.29) is 11.3 Å². The number of nitro groups is 1. The first-order valence-electron chi connectivity index (χ1n) is 6.36. The van der Waals surface area contributed by atoms with Crippen molar-refractivity contribution in [1.82, 2.24) is 10.3 Å². The molecule has 1 atom stereocenters. The highest BCUT2D eigenvalue weighted by Gasteiger charge is 2.27. The topological polar surface area (TPSA) is 114 Å². The quantitative estimate of drug-likeness (QED) is 0.585. The van der Waals surface area contributed by atoms with Crippen LogP contribution in [-0.2, 0) is 0 Å². The summed E-state index contributed by atoms with van der Waals surface area (Å²) >= 11 is 0. The molecule has 0 radical (unpaired) electrons. The lowest BCUT2D eigenvalue weighted by Gasteiger charge is -2.19. The molecule has 108 valence electrons. The van der Waals surface area contributed by atoms with Crippen molar-refractivity contribution in [3.63, 3.8) is 0 Å². The Kier molecular flexibility index (Phi) is 4.14. The highest BCUT2D eigenvalue weighted by atomic mass is 16.6. The van der Waals surface area contributed by atoms with Gasteiger partial charge < -0.3 is 16.0 Å². The Morgan fingerprint density at radius 2 is 2.45 bits per heavy atom. The highest BCUT2D eigenvalue weighted by Crippen LogP contribution is 2.27. The van der Waals surface area contributed by atoms with Crippen LogP contribution in [0.3, 0.4) is 0 Å². The van der Waals surface area contributed by atoms with Crippen LogP contribution in [0.1, 0.15) is 16.8 Å². The molecule has 2 heterocycles. The summed E-state index contributed by atoms with van der Waals surface area (Å²) in [6.45, 7) is 2.40. The van der Waals surface area contributed by atoms with Crippen LogP contribution in [-0.4, -0.2) is 42.5 Å². The minimum absolute atomic E-state index is 0.101. The van der Waals surface area contributed by atoms with E-state index in [9.17, 15) is 14.9 Å². The lowest BCUT2D eigenvalue weighted by atomic mass is 10.1. The molecule has 1 saturated heterocycles. The van der Waals surface area contributed by atoms with E-state index < -0.39 is 10.8 Å². The monoisotopic (exact) mass is 279 g/mol. The molecule has 8 heteroatoms. The first kappa shape index (κ1) is 14.2. The largest absolute Gasteiger partial charge is 0.365 e. The molecule has 0 spiro atoms. The van der Waals surface area contributed by atoms with Gasteiger partial charge in [-0.05, 0) is 25.9 Å². The van der Waals surface area contributed by atoms with Crippen LogP contribution in [0.4, 0.5) is 11.5 Å². The molecule has 3 N–H and O–H groups in total. The average molecular weight is 279 g/mol. The van der Waals surface area contributed by atoms with Crippen LogP contribution in [0.25, 0.3) is 0 Å². The number of nitrogens with one attached hydrogen (secondary N) is 1. The number of aromatic nitrogens is 1. The Bertz CT molecular complexity index is 534. The second-order valence-electron chi connectivity index (χ2n) is 4.84. The molecule has 1 aromatic rings. The number of nitrogens with two attached hydrogens (primary N) is 1. The number of carbonyl (C=O) groups is 1. The summed E-state index contributed by atoms with van der Waals surface area (Å²) in [5.41, 5.74) is 5.18. The number of rotatable bonds is 5. The predicted octanol–water partition coefficient (Wildman–Crippen LogP) is 0.134. The Morgan fingerprint density at radius 3 is 3.05 bits per heavy atom. The second-order valence-corrected chi connectivity index (χ2v) is 4.84. The number of amides is 1. The number of hydrogen-bond acceptors (Lipinski definition) is 6. The standard InChI is InChI=1S/C12H17N5O3/c1-14-5-8-2-3-16(7-8)12-10(11(13)18)4-9(6-15-12)17(19)20/h4,6,8,14H,2-3,5,7H2,1H3,(H2,13,18). The van der Waals surface area contributed by atoms with Gasteiger partial charge in [-0.1, -0.05) is 0 Å². The highest BCUT2D eigenvalue weighted by molar-refractivity contribution is 5.98. The molecular formula is C12H17N5O3. The molecule has 0 saturated carbocycles. The maximum absolute atomic E-state index is 11.5. The van der Waals surface area contributed by atoms with E-state index in [2.05, 4.69) is 10.3 Å². The molecule has 1 unspecified atom stereocenters. The molecule has 2 rings (SSSR count). The number of hydrogen-bond donors (Lipinski definition) is 2. The fraction of sp³-hybridized carbons (Fsp3) is 0.500. The van der Waals surface area contributed by atoms with Crippen molar-refractivity contribution in [3.8, 4) is 0 Å². The molecule has 0 aromatic carbocycles. The summed E-state index contributed by atoms with van der Waals surface area (Å²) in [4.78, 5) is 27.6. The zero-order valence-electron chi connectivity index (χ0n) is 11.2. The molecule has 8 nitrogen and oxygen atoms in total. The lowest BCUT2D eigenvalue weighted by molar-refractivity contribution is -0.385. The summed E-state index contributed by atoms with van der Waals surface area (Å²) in [7, 11) is 1.89. The number of primary amides is 1. The van der Waals surface area contributed by atoms with Gasteiger partial charge in [0, 0.05) is 19.2 Å². The molecule has 0 aliphatic carbocycles. The van der Waals surface area contributed by atoms with Crippen LogP contribution < -0.4 is 16.0 Å². The minimum Gasteiger partial charge on any atom is -0.365 e. The molecule has 20 heavy (non-hydrogen) atoms. The number of anilines is 1. The fourth-order valence-electron chi connectivity index (χ4n) is 2.46. The zero-order valence-corrected chi connectivity index (χ0v) is 11.2. The van der Waals surface area contributed by atoms with E-state index in [4.69, 9.17) is 5.73 Å². The molecule has 1 aromatic heterocycles. The van der Waals surface area contributed by atoms with E-state index >= 15 is 0 Å². The van der Waals surface area contributed by atoms with Crippen LogP contribution in [0, 0.1) is 16.0 Å². The predicted molar refractivity (Wildman–Crippen MR) is 73.7 cm³/mol. The fourth-order valence-corrected chi connectivity index (χ4v) is 2.46. The molecule has 1 aliphatic heterocycles. The SMILES string of the molecule is CNCC1CCN(c2ncc([N+](=O)[O-])cc2C(N)=O)C1. The van der Waals surface area contributed by atoms with Crippen LogP contribution in [0.5, 0.6) is 0 Å². The smallest absolute Gasteiger partial charge is 0.288 e. The van der Waals surface area contributed by atoms with Crippen molar-refractivity contribution in [2.24, 2.45) is 11.7 Å². The van der Waals surface area contributed by atoms with E-state index in [0.717, 1.165) is 32.3 Å². The van der Waals surface area contributed by atoms with Crippen molar-refractivity contribution in [3.05, 3.63) is 27.9 Å². The third kappa shape index (κ3) is 2.85. The third-order valence-electron chi connectivity index (χ3n) is 3.41. The van der Waals surface area contributed by atoms with Crippen molar-refractivity contribution < 1.29 is 9.72 Å². The Balaban J connectivity index is 2.28. The molecule has 1 aliphatic rings. The third-order valence-corrected chi connectivity index (χ3v) is 3.41. The molecule has 1 amide bonds. The molecular weight excluding hydrogens is 262 g/mol. The molecule has 0 bridgehead atoms. The van der Waals surface area contributed by atoms with Gasteiger partial charge in [0.1, 0.15) is 12.0 Å². The number of carbonyl (C=O) groups excluding carboxylic acids is 1.